The molecule has 0 atom stereocenters. The molecule has 21 heavy (non-hydrogen) atoms. The van der Waals surface area contributed by atoms with Gasteiger partial charge in [-0.25, -0.2) is 4.79 Å². The van der Waals surface area contributed by atoms with Crippen molar-refractivity contribution in [1.29, 1.82) is 0 Å². The van der Waals surface area contributed by atoms with Crippen molar-refractivity contribution >= 4 is 23.0 Å². The highest BCUT2D eigenvalue weighted by Crippen LogP contribution is 2.29. The van der Waals surface area contributed by atoms with Gasteiger partial charge in [0.1, 0.15) is 0 Å². The van der Waals surface area contributed by atoms with Crippen molar-refractivity contribution in [3.63, 3.8) is 0 Å². The predicted molar refractivity (Wildman–Crippen MR) is 86.1 cm³/mol. The number of carbonyl (C=O) groups excluding carboxylic acids is 1. The highest BCUT2D eigenvalue weighted by atomic mass is 16.5. The number of anilines is 3. The largest absolute Gasteiger partial charge is 0.462 e. The van der Waals surface area contributed by atoms with Gasteiger partial charge in [-0.15, -0.1) is 0 Å². The first-order valence-electron chi connectivity index (χ1n) is 6.90. The van der Waals surface area contributed by atoms with Crippen LogP contribution in [0.1, 0.15) is 22.8 Å². The summed E-state index contributed by atoms with van der Waals surface area (Å²) in [6.45, 7) is 4.15. The molecule has 4 nitrogen and oxygen atoms in total. The Balaban J connectivity index is 2.45. The van der Waals surface area contributed by atoms with Crippen LogP contribution in [-0.2, 0) is 4.74 Å². The van der Waals surface area contributed by atoms with Crippen LogP contribution in [0.3, 0.4) is 0 Å². The van der Waals surface area contributed by atoms with Crippen molar-refractivity contribution in [2.24, 2.45) is 0 Å². The van der Waals surface area contributed by atoms with Gasteiger partial charge in [0.15, 0.2) is 0 Å². The number of esters is 1. The van der Waals surface area contributed by atoms with Crippen molar-refractivity contribution < 1.29 is 9.53 Å². The van der Waals surface area contributed by atoms with E-state index in [0.717, 1.165) is 16.9 Å². The van der Waals surface area contributed by atoms with Crippen molar-refractivity contribution in [2.45, 2.75) is 13.8 Å². The molecule has 0 bridgehead atoms. The van der Waals surface area contributed by atoms with Crippen LogP contribution < -0.4 is 10.6 Å². The number of ether oxygens (including phenoxy) is 1. The van der Waals surface area contributed by atoms with Gasteiger partial charge < -0.3 is 15.4 Å². The maximum absolute atomic E-state index is 12.1. The SMILES string of the molecule is CCOC(=O)c1cc(N)ccc1N(C)c1cccc(C)c1. The molecule has 0 saturated carbocycles. The summed E-state index contributed by atoms with van der Waals surface area (Å²) in [5.74, 6) is -0.362. The number of carbonyl (C=O) groups is 1. The first-order chi connectivity index (χ1) is 10.0. The lowest BCUT2D eigenvalue weighted by Gasteiger charge is -2.22. The van der Waals surface area contributed by atoms with E-state index in [1.54, 1.807) is 19.1 Å². The summed E-state index contributed by atoms with van der Waals surface area (Å²) in [4.78, 5) is 14.1. The molecule has 0 aromatic heterocycles. The number of benzene rings is 2. The molecule has 110 valence electrons. The second kappa shape index (κ2) is 6.31. The normalized spacial score (nSPS) is 10.2. The minimum Gasteiger partial charge on any atom is -0.462 e. The number of aryl methyl sites for hydroxylation is 1. The Kier molecular flexibility index (Phi) is 4.48. The Morgan fingerprint density at radius 3 is 2.67 bits per heavy atom. The topological polar surface area (TPSA) is 55.6 Å². The molecule has 2 aromatic carbocycles. The van der Waals surface area contributed by atoms with E-state index >= 15 is 0 Å². The maximum atomic E-state index is 12.1. The van der Waals surface area contributed by atoms with Crippen molar-refractivity contribution in [1.82, 2.24) is 0 Å². The molecular formula is C17H20N2O2. The minimum absolute atomic E-state index is 0.335. The molecule has 4 heteroatoms. The summed E-state index contributed by atoms with van der Waals surface area (Å²) < 4.78 is 5.11. The summed E-state index contributed by atoms with van der Waals surface area (Å²) in [5.41, 5.74) is 9.75. The number of nitrogens with two attached hydrogens (primary N) is 1. The molecule has 0 saturated heterocycles. The highest BCUT2D eigenvalue weighted by Gasteiger charge is 2.17. The van der Waals surface area contributed by atoms with Crippen LogP contribution in [0.25, 0.3) is 0 Å². The smallest absolute Gasteiger partial charge is 0.340 e. The van der Waals surface area contributed by atoms with Gasteiger partial charge in [0, 0.05) is 18.4 Å². The third kappa shape index (κ3) is 3.34. The summed E-state index contributed by atoms with van der Waals surface area (Å²) in [6.07, 6.45) is 0. The fourth-order valence-corrected chi connectivity index (χ4v) is 2.19. The summed E-state index contributed by atoms with van der Waals surface area (Å²) >= 11 is 0. The van der Waals surface area contributed by atoms with Gasteiger partial charge in [-0.05, 0) is 49.7 Å². The van der Waals surface area contributed by atoms with Crippen molar-refractivity contribution in [3.8, 4) is 0 Å². The van der Waals surface area contributed by atoms with Crippen LogP contribution in [0, 0.1) is 6.92 Å². The number of rotatable bonds is 4. The number of nitrogen functional groups attached to an aromatic ring is 1. The average molecular weight is 284 g/mol. The van der Waals surface area contributed by atoms with Gasteiger partial charge in [-0.3, -0.25) is 0 Å². The van der Waals surface area contributed by atoms with Gasteiger partial charge in [-0.1, -0.05) is 12.1 Å². The zero-order valence-corrected chi connectivity index (χ0v) is 12.6. The molecular weight excluding hydrogens is 264 g/mol. The molecule has 0 radical (unpaired) electrons. The highest BCUT2D eigenvalue weighted by molar-refractivity contribution is 5.98. The number of hydrogen-bond donors (Lipinski definition) is 1. The van der Waals surface area contributed by atoms with E-state index in [-0.39, 0.29) is 5.97 Å². The lowest BCUT2D eigenvalue weighted by molar-refractivity contribution is 0.0527. The lowest BCUT2D eigenvalue weighted by Crippen LogP contribution is -2.16. The van der Waals surface area contributed by atoms with Crippen molar-refractivity contribution in [2.75, 3.05) is 24.3 Å². The minimum atomic E-state index is -0.362. The molecule has 0 spiro atoms. The Morgan fingerprint density at radius 2 is 2.00 bits per heavy atom. The molecule has 2 rings (SSSR count). The monoisotopic (exact) mass is 284 g/mol. The van der Waals surface area contributed by atoms with Gasteiger partial charge in [0.25, 0.3) is 0 Å². The molecule has 0 aliphatic heterocycles. The van der Waals surface area contributed by atoms with Crippen LogP contribution in [0.2, 0.25) is 0 Å². The van der Waals surface area contributed by atoms with Crippen LogP contribution in [0.15, 0.2) is 42.5 Å². The van der Waals surface area contributed by atoms with Gasteiger partial charge in [0.2, 0.25) is 0 Å². The number of nitrogens with zero attached hydrogens (tertiary/aromatic N) is 1. The molecule has 2 N–H and O–H groups in total. The van der Waals surface area contributed by atoms with Gasteiger partial charge >= 0.3 is 5.97 Å². The molecule has 0 amide bonds. The van der Waals surface area contributed by atoms with Gasteiger partial charge in [0.05, 0.1) is 17.9 Å². The Labute approximate surface area is 125 Å². The summed E-state index contributed by atoms with van der Waals surface area (Å²) in [5, 5.41) is 0. The van der Waals surface area contributed by atoms with Crippen LogP contribution >= 0.6 is 0 Å². The molecule has 2 aromatic rings. The maximum Gasteiger partial charge on any atom is 0.340 e. The summed E-state index contributed by atoms with van der Waals surface area (Å²) in [6, 6.07) is 13.4. The lowest BCUT2D eigenvalue weighted by atomic mass is 10.1. The Morgan fingerprint density at radius 1 is 1.24 bits per heavy atom. The van der Waals surface area contributed by atoms with Crippen LogP contribution in [0.4, 0.5) is 17.1 Å². The zero-order chi connectivity index (χ0) is 15.4. The van der Waals surface area contributed by atoms with E-state index in [2.05, 4.69) is 6.07 Å². The second-order valence-corrected chi connectivity index (χ2v) is 4.90. The average Bonchev–Trinajstić information content (AvgIpc) is 2.46. The van der Waals surface area contributed by atoms with E-state index in [9.17, 15) is 4.79 Å². The molecule has 0 fully saturated rings. The first kappa shape index (κ1) is 14.9. The van der Waals surface area contributed by atoms with E-state index in [4.69, 9.17) is 10.5 Å². The zero-order valence-electron chi connectivity index (χ0n) is 12.6. The van der Waals surface area contributed by atoms with Crippen LogP contribution in [-0.4, -0.2) is 19.6 Å². The standard InChI is InChI=1S/C17H20N2O2/c1-4-21-17(20)15-11-13(18)8-9-16(15)19(3)14-7-5-6-12(2)10-14/h5-11H,4,18H2,1-3H3. The van der Waals surface area contributed by atoms with E-state index in [0.29, 0.717) is 17.9 Å². The predicted octanol–water partition coefficient (Wildman–Crippen LogP) is 3.52. The van der Waals surface area contributed by atoms with E-state index < -0.39 is 0 Å². The molecule has 0 aliphatic carbocycles. The molecule has 0 aliphatic rings. The van der Waals surface area contributed by atoms with E-state index in [1.165, 1.54) is 0 Å². The van der Waals surface area contributed by atoms with Crippen molar-refractivity contribution in [3.05, 3.63) is 53.6 Å². The number of hydrogen-bond acceptors (Lipinski definition) is 4. The van der Waals surface area contributed by atoms with Crippen LogP contribution in [0.5, 0.6) is 0 Å². The third-order valence-electron chi connectivity index (χ3n) is 3.27. The summed E-state index contributed by atoms with van der Waals surface area (Å²) in [7, 11) is 1.92. The first-order valence-corrected chi connectivity index (χ1v) is 6.90. The second-order valence-electron chi connectivity index (χ2n) is 4.90. The Hall–Kier alpha value is -2.49. The third-order valence-corrected chi connectivity index (χ3v) is 3.27. The van der Waals surface area contributed by atoms with E-state index in [1.807, 2.05) is 43.1 Å². The molecule has 0 unspecified atom stereocenters. The fourth-order valence-electron chi connectivity index (χ4n) is 2.19. The Bertz CT molecular complexity index is 653. The quantitative estimate of drug-likeness (QED) is 0.689. The molecule has 0 heterocycles. The van der Waals surface area contributed by atoms with Gasteiger partial charge in [-0.2, -0.15) is 0 Å². The fraction of sp³-hybridized carbons (Fsp3) is 0.235.